The highest BCUT2D eigenvalue weighted by atomic mass is 35.5. The zero-order chi connectivity index (χ0) is 22.0. The maximum absolute atomic E-state index is 13.6. The van der Waals surface area contributed by atoms with Crippen LogP contribution in [0.25, 0.3) is 11.1 Å². The van der Waals surface area contributed by atoms with Gasteiger partial charge in [0.1, 0.15) is 5.75 Å². The quantitative estimate of drug-likeness (QED) is 0.567. The lowest BCUT2D eigenvalue weighted by molar-refractivity contribution is 0.0568. The number of hydrogen-bond acceptors (Lipinski definition) is 3. The summed E-state index contributed by atoms with van der Waals surface area (Å²) in [5, 5.41) is 10.7. The highest BCUT2D eigenvalue weighted by Crippen LogP contribution is 2.43. The zero-order valence-electron chi connectivity index (χ0n) is 17.7. The van der Waals surface area contributed by atoms with Gasteiger partial charge in [0, 0.05) is 16.1 Å². The van der Waals surface area contributed by atoms with E-state index in [0.717, 1.165) is 28.9 Å². The summed E-state index contributed by atoms with van der Waals surface area (Å²) in [6.07, 6.45) is 0.764. The van der Waals surface area contributed by atoms with Gasteiger partial charge in [0.2, 0.25) is 0 Å². The average molecular weight is 436 g/mol. The van der Waals surface area contributed by atoms with Crippen molar-refractivity contribution in [1.82, 2.24) is 4.90 Å². The Labute approximate surface area is 188 Å². The standard InChI is InChI=1S/C26H26ClNO3/c1-17-15-23(21-8-3-5-9-22(21)27)28(24(17)16-29)26(30)19-13-11-18(12-14-19)20-7-4-6-10-25(20)31-2/h3-14,17,23-24,29H,15-16H2,1-2H3/t17-,23-,24+/m0/s1. The summed E-state index contributed by atoms with van der Waals surface area (Å²) >= 11 is 6.46. The normalized spacial score (nSPS) is 20.6. The lowest BCUT2D eigenvalue weighted by atomic mass is 9.98. The van der Waals surface area contributed by atoms with E-state index in [4.69, 9.17) is 16.3 Å². The van der Waals surface area contributed by atoms with Gasteiger partial charge in [0.05, 0.1) is 25.8 Å². The van der Waals surface area contributed by atoms with Crippen molar-refractivity contribution in [2.45, 2.75) is 25.4 Å². The molecule has 5 heteroatoms. The number of nitrogens with zero attached hydrogens (tertiary/aromatic N) is 1. The van der Waals surface area contributed by atoms with Gasteiger partial charge in [-0.1, -0.05) is 67.1 Å². The van der Waals surface area contributed by atoms with Crippen molar-refractivity contribution in [2.75, 3.05) is 13.7 Å². The Bertz CT molecular complexity index is 1070. The molecule has 0 radical (unpaired) electrons. The molecule has 1 amide bonds. The SMILES string of the molecule is COc1ccccc1-c1ccc(C(=O)N2[C@H](CO)[C@@H](C)C[C@H]2c2ccccc2Cl)cc1. The summed E-state index contributed by atoms with van der Waals surface area (Å²) in [5.41, 5.74) is 3.46. The van der Waals surface area contributed by atoms with Crippen LogP contribution in [0, 0.1) is 5.92 Å². The number of methoxy groups -OCH3 is 1. The van der Waals surface area contributed by atoms with E-state index in [1.54, 1.807) is 7.11 Å². The van der Waals surface area contributed by atoms with E-state index in [-0.39, 0.29) is 30.5 Å². The fraction of sp³-hybridized carbons (Fsp3) is 0.269. The minimum Gasteiger partial charge on any atom is -0.496 e. The van der Waals surface area contributed by atoms with Crippen LogP contribution in [0.4, 0.5) is 0 Å². The Morgan fingerprint density at radius 2 is 1.74 bits per heavy atom. The van der Waals surface area contributed by atoms with Crippen LogP contribution >= 0.6 is 11.6 Å². The van der Waals surface area contributed by atoms with Gasteiger partial charge in [0.25, 0.3) is 5.91 Å². The highest BCUT2D eigenvalue weighted by molar-refractivity contribution is 6.31. The lowest BCUT2D eigenvalue weighted by Gasteiger charge is -2.31. The fourth-order valence-corrected chi connectivity index (χ4v) is 4.80. The number of carbonyl (C=O) groups excluding carboxylic acids is 1. The summed E-state index contributed by atoms with van der Waals surface area (Å²) in [5.74, 6) is 0.858. The van der Waals surface area contributed by atoms with Crippen LogP contribution in [-0.2, 0) is 0 Å². The van der Waals surface area contributed by atoms with E-state index < -0.39 is 0 Å². The first kappa shape index (κ1) is 21.4. The van der Waals surface area contributed by atoms with Gasteiger partial charge in [-0.25, -0.2) is 0 Å². The number of amides is 1. The Hall–Kier alpha value is -2.82. The minimum absolute atomic E-state index is 0.0762. The van der Waals surface area contributed by atoms with Crippen molar-refractivity contribution >= 4 is 17.5 Å². The molecule has 0 saturated carbocycles. The van der Waals surface area contributed by atoms with Crippen LogP contribution in [0.5, 0.6) is 5.75 Å². The van der Waals surface area contributed by atoms with Gasteiger partial charge in [-0.2, -0.15) is 0 Å². The minimum atomic E-state index is -0.248. The molecule has 160 valence electrons. The molecule has 4 nitrogen and oxygen atoms in total. The molecule has 3 aromatic carbocycles. The van der Waals surface area contributed by atoms with Crippen molar-refractivity contribution in [3.05, 3.63) is 88.9 Å². The number of rotatable bonds is 5. The first-order chi connectivity index (χ1) is 15.0. The number of likely N-dealkylation sites (tertiary alicyclic amines) is 1. The molecule has 4 rings (SSSR count). The van der Waals surface area contributed by atoms with E-state index in [0.29, 0.717) is 10.6 Å². The third kappa shape index (κ3) is 4.06. The van der Waals surface area contributed by atoms with Gasteiger partial charge in [-0.3, -0.25) is 4.79 Å². The number of ether oxygens (including phenoxy) is 1. The van der Waals surface area contributed by atoms with E-state index in [1.807, 2.05) is 77.7 Å². The van der Waals surface area contributed by atoms with Crippen LogP contribution < -0.4 is 4.74 Å². The van der Waals surface area contributed by atoms with Gasteiger partial charge in [0.15, 0.2) is 0 Å². The third-order valence-corrected chi connectivity index (χ3v) is 6.52. The summed E-state index contributed by atoms with van der Waals surface area (Å²) in [6, 6.07) is 22.6. The average Bonchev–Trinajstić information content (AvgIpc) is 3.14. The number of hydrogen-bond donors (Lipinski definition) is 1. The van der Waals surface area contributed by atoms with Gasteiger partial charge in [-0.05, 0) is 47.7 Å². The van der Waals surface area contributed by atoms with Gasteiger partial charge >= 0.3 is 0 Å². The molecule has 1 heterocycles. The summed E-state index contributed by atoms with van der Waals surface area (Å²) in [4.78, 5) is 15.4. The van der Waals surface area contributed by atoms with Crippen molar-refractivity contribution in [1.29, 1.82) is 0 Å². The smallest absolute Gasteiger partial charge is 0.254 e. The predicted octanol–water partition coefficient (Wildman–Crippen LogP) is 5.60. The molecule has 1 fully saturated rings. The van der Waals surface area contributed by atoms with Crippen LogP contribution in [0.2, 0.25) is 5.02 Å². The Morgan fingerprint density at radius 3 is 2.42 bits per heavy atom. The number of para-hydroxylation sites is 1. The highest BCUT2D eigenvalue weighted by Gasteiger charge is 2.42. The van der Waals surface area contributed by atoms with E-state index in [9.17, 15) is 9.90 Å². The largest absolute Gasteiger partial charge is 0.496 e. The second-order valence-electron chi connectivity index (χ2n) is 7.99. The number of halogens is 1. The summed E-state index contributed by atoms with van der Waals surface area (Å²) in [6.45, 7) is 2.00. The number of aliphatic hydroxyl groups excluding tert-OH is 1. The maximum atomic E-state index is 13.6. The van der Waals surface area contributed by atoms with Crippen molar-refractivity contribution < 1.29 is 14.6 Å². The number of carbonyl (C=O) groups is 1. The van der Waals surface area contributed by atoms with Crippen molar-refractivity contribution in [3.63, 3.8) is 0 Å². The molecule has 1 saturated heterocycles. The second kappa shape index (κ2) is 9.13. The first-order valence-corrected chi connectivity index (χ1v) is 10.8. The van der Waals surface area contributed by atoms with Crippen LogP contribution in [0.3, 0.4) is 0 Å². The van der Waals surface area contributed by atoms with Gasteiger partial charge in [-0.15, -0.1) is 0 Å². The van der Waals surface area contributed by atoms with Crippen molar-refractivity contribution in [2.24, 2.45) is 5.92 Å². The number of benzene rings is 3. The molecule has 3 atom stereocenters. The molecule has 0 spiro atoms. The lowest BCUT2D eigenvalue weighted by Crippen LogP contribution is -2.41. The molecule has 0 aliphatic carbocycles. The molecule has 0 unspecified atom stereocenters. The first-order valence-electron chi connectivity index (χ1n) is 10.5. The molecule has 31 heavy (non-hydrogen) atoms. The molecule has 1 N–H and O–H groups in total. The monoisotopic (exact) mass is 435 g/mol. The molecule has 1 aliphatic heterocycles. The molecular formula is C26H26ClNO3. The Kier molecular flexibility index (Phi) is 6.30. The maximum Gasteiger partial charge on any atom is 0.254 e. The Balaban J connectivity index is 1.67. The fourth-order valence-electron chi connectivity index (χ4n) is 4.53. The summed E-state index contributed by atoms with van der Waals surface area (Å²) in [7, 11) is 1.65. The van der Waals surface area contributed by atoms with Crippen molar-refractivity contribution in [3.8, 4) is 16.9 Å². The van der Waals surface area contributed by atoms with E-state index in [1.165, 1.54) is 0 Å². The van der Waals surface area contributed by atoms with E-state index >= 15 is 0 Å². The van der Waals surface area contributed by atoms with Crippen LogP contribution in [-0.4, -0.2) is 35.7 Å². The predicted molar refractivity (Wildman–Crippen MR) is 123 cm³/mol. The molecule has 0 aromatic heterocycles. The van der Waals surface area contributed by atoms with Crippen LogP contribution in [0.1, 0.15) is 35.3 Å². The zero-order valence-corrected chi connectivity index (χ0v) is 18.4. The third-order valence-electron chi connectivity index (χ3n) is 6.18. The Morgan fingerprint density at radius 1 is 1.06 bits per heavy atom. The second-order valence-corrected chi connectivity index (χ2v) is 8.40. The van der Waals surface area contributed by atoms with Gasteiger partial charge < -0.3 is 14.7 Å². The van der Waals surface area contributed by atoms with Crippen LogP contribution in [0.15, 0.2) is 72.8 Å². The molecule has 3 aromatic rings. The molecule has 1 aliphatic rings. The molecular weight excluding hydrogens is 410 g/mol. The molecule has 0 bridgehead atoms. The topological polar surface area (TPSA) is 49.8 Å². The number of aliphatic hydroxyl groups is 1. The van der Waals surface area contributed by atoms with E-state index in [2.05, 4.69) is 6.92 Å². The summed E-state index contributed by atoms with van der Waals surface area (Å²) < 4.78 is 5.46.